The fraction of sp³-hybridized carbons (Fsp3) is 0.571. The van der Waals surface area contributed by atoms with Crippen LogP contribution in [0.15, 0.2) is 18.2 Å². The molecule has 0 bridgehead atoms. The molecule has 2 rings (SSSR count). The van der Waals surface area contributed by atoms with E-state index in [1.165, 1.54) is 5.56 Å². The minimum atomic E-state index is -2.34. The largest absolute Gasteiger partial charge is 0.264 e. The average Bonchev–Trinajstić information content (AvgIpc) is 3.10. The molecule has 0 nitrogen and oxygen atoms in total. The van der Waals surface area contributed by atoms with Crippen molar-refractivity contribution in [2.45, 2.75) is 51.4 Å². The first-order chi connectivity index (χ1) is 7.65. The molecule has 0 aromatic heterocycles. The third kappa shape index (κ3) is 2.11. The Hall–Kier alpha value is -0.920. The summed E-state index contributed by atoms with van der Waals surface area (Å²) in [5.41, 5.74) is 2.34. The van der Waals surface area contributed by atoms with Crippen molar-refractivity contribution in [3.63, 3.8) is 0 Å². The second-order valence-corrected chi connectivity index (χ2v) is 4.73. The fourth-order valence-electron chi connectivity index (χ4n) is 2.32. The molecule has 16 heavy (non-hydrogen) atoms. The molecule has 0 aliphatic heterocycles. The topological polar surface area (TPSA) is 0 Å². The number of alkyl halides is 2. The molecule has 1 saturated carbocycles. The van der Waals surface area contributed by atoms with Gasteiger partial charge in [-0.3, -0.25) is 0 Å². The Kier molecular flexibility index (Phi) is 3.27. The Labute approximate surface area is 95.7 Å². The monoisotopic (exact) mass is 224 g/mol. The van der Waals surface area contributed by atoms with Crippen LogP contribution in [0.25, 0.3) is 0 Å². The van der Waals surface area contributed by atoms with Crippen LogP contribution in [0.2, 0.25) is 0 Å². The highest BCUT2D eigenvalue weighted by Gasteiger charge is 2.29. The van der Waals surface area contributed by atoms with Gasteiger partial charge in [0, 0.05) is 5.56 Å². The molecule has 1 unspecified atom stereocenters. The molecular formula is C14H18F2. The summed E-state index contributed by atoms with van der Waals surface area (Å²) >= 11 is 0. The first kappa shape index (κ1) is 11.6. The maximum atomic E-state index is 13.0. The SMILES string of the molecule is CCC(C)c1c(C(F)F)cccc1C1CC1. The van der Waals surface area contributed by atoms with E-state index in [1.807, 2.05) is 13.0 Å². The summed E-state index contributed by atoms with van der Waals surface area (Å²) in [5.74, 6) is 0.781. The van der Waals surface area contributed by atoms with Gasteiger partial charge in [0.05, 0.1) is 0 Å². The van der Waals surface area contributed by atoms with Crippen LogP contribution in [0.3, 0.4) is 0 Å². The summed E-state index contributed by atoms with van der Waals surface area (Å²) in [6, 6.07) is 5.39. The fourth-order valence-corrected chi connectivity index (χ4v) is 2.32. The van der Waals surface area contributed by atoms with Crippen molar-refractivity contribution in [1.82, 2.24) is 0 Å². The number of rotatable bonds is 4. The van der Waals surface area contributed by atoms with Crippen molar-refractivity contribution in [1.29, 1.82) is 0 Å². The predicted molar refractivity (Wildman–Crippen MR) is 62.1 cm³/mol. The first-order valence-electron chi connectivity index (χ1n) is 6.06. The Morgan fingerprint density at radius 3 is 2.50 bits per heavy atom. The van der Waals surface area contributed by atoms with E-state index in [2.05, 4.69) is 6.92 Å². The van der Waals surface area contributed by atoms with Gasteiger partial charge in [0.1, 0.15) is 0 Å². The summed E-state index contributed by atoms with van der Waals surface area (Å²) in [4.78, 5) is 0. The van der Waals surface area contributed by atoms with Crippen LogP contribution < -0.4 is 0 Å². The third-order valence-electron chi connectivity index (χ3n) is 3.53. The van der Waals surface area contributed by atoms with Crippen molar-refractivity contribution in [3.05, 3.63) is 34.9 Å². The van der Waals surface area contributed by atoms with Gasteiger partial charge in [-0.05, 0) is 42.2 Å². The van der Waals surface area contributed by atoms with Crippen LogP contribution in [0.4, 0.5) is 8.78 Å². The molecule has 1 atom stereocenters. The van der Waals surface area contributed by atoms with Gasteiger partial charge in [-0.1, -0.05) is 32.0 Å². The summed E-state index contributed by atoms with van der Waals surface area (Å²) < 4.78 is 26.0. The molecule has 1 fully saturated rings. The quantitative estimate of drug-likeness (QED) is 0.674. The van der Waals surface area contributed by atoms with Gasteiger partial charge >= 0.3 is 0 Å². The Balaban J connectivity index is 2.48. The summed E-state index contributed by atoms with van der Waals surface area (Å²) in [5, 5.41) is 0. The van der Waals surface area contributed by atoms with Crippen molar-refractivity contribution >= 4 is 0 Å². The number of benzene rings is 1. The molecule has 88 valence electrons. The first-order valence-corrected chi connectivity index (χ1v) is 6.06. The van der Waals surface area contributed by atoms with Crippen LogP contribution in [0.5, 0.6) is 0 Å². The molecule has 1 aromatic rings. The van der Waals surface area contributed by atoms with E-state index in [9.17, 15) is 8.78 Å². The van der Waals surface area contributed by atoms with E-state index in [1.54, 1.807) is 12.1 Å². The average molecular weight is 224 g/mol. The van der Waals surface area contributed by atoms with Crippen molar-refractivity contribution in [2.24, 2.45) is 0 Å². The van der Waals surface area contributed by atoms with E-state index >= 15 is 0 Å². The van der Waals surface area contributed by atoms with Gasteiger partial charge in [0.15, 0.2) is 0 Å². The summed E-state index contributed by atoms with van der Waals surface area (Å²) in [7, 11) is 0. The lowest BCUT2D eigenvalue weighted by Gasteiger charge is -2.19. The minimum Gasteiger partial charge on any atom is -0.205 e. The van der Waals surface area contributed by atoms with Gasteiger partial charge in [-0.25, -0.2) is 8.78 Å². The van der Waals surface area contributed by atoms with E-state index in [-0.39, 0.29) is 11.5 Å². The van der Waals surface area contributed by atoms with Gasteiger partial charge < -0.3 is 0 Å². The number of hydrogen-bond acceptors (Lipinski definition) is 0. The lowest BCUT2D eigenvalue weighted by atomic mass is 9.87. The van der Waals surface area contributed by atoms with Gasteiger partial charge in [0.25, 0.3) is 6.43 Å². The highest BCUT2D eigenvalue weighted by atomic mass is 19.3. The van der Waals surface area contributed by atoms with Gasteiger partial charge in [0.2, 0.25) is 0 Å². The zero-order valence-corrected chi connectivity index (χ0v) is 9.84. The van der Waals surface area contributed by atoms with Crippen LogP contribution >= 0.6 is 0 Å². The normalized spacial score (nSPS) is 17.8. The molecule has 1 aromatic carbocycles. The van der Waals surface area contributed by atoms with Crippen LogP contribution in [0, 0.1) is 0 Å². The van der Waals surface area contributed by atoms with E-state index < -0.39 is 6.43 Å². The summed E-state index contributed by atoms with van der Waals surface area (Å²) in [6.07, 6.45) is 0.901. The zero-order valence-electron chi connectivity index (χ0n) is 9.84. The zero-order chi connectivity index (χ0) is 11.7. The molecule has 1 aliphatic rings. The molecule has 0 saturated heterocycles. The number of halogens is 2. The lowest BCUT2D eigenvalue weighted by molar-refractivity contribution is 0.149. The smallest absolute Gasteiger partial charge is 0.205 e. The highest BCUT2D eigenvalue weighted by Crippen LogP contribution is 2.45. The molecule has 0 N–H and O–H groups in total. The predicted octanol–water partition coefficient (Wildman–Crippen LogP) is 5.02. The van der Waals surface area contributed by atoms with Crippen molar-refractivity contribution in [2.75, 3.05) is 0 Å². The van der Waals surface area contributed by atoms with Gasteiger partial charge in [-0.2, -0.15) is 0 Å². The molecule has 0 amide bonds. The van der Waals surface area contributed by atoms with Crippen LogP contribution in [-0.2, 0) is 0 Å². The Morgan fingerprint density at radius 2 is 2.00 bits per heavy atom. The second kappa shape index (κ2) is 4.52. The van der Waals surface area contributed by atoms with E-state index in [0.717, 1.165) is 24.8 Å². The van der Waals surface area contributed by atoms with Gasteiger partial charge in [-0.15, -0.1) is 0 Å². The highest BCUT2D eigenvalue weighted by molar-refractivity contribution is 5.42. The minimum absolute atomic E-state index is 0.237. The molecule has 0 radical (unpaired) electrons. The molecule has 2 heteroatoms. The molecule has 1 aliphatic carbocycles. The Morgan fingerprint density at radius 1 is 1.31 bits per heavy atom. The maximum Gasteiger partial charge on any atom is 0.264 e. The summed E-state index contributed by atoms with van der Waals surface area (Å²) in [6.45, 7) is 4.11. The van der Waals surface area contributed by atoms with Crippen LogP contribution in [-0.4, -0.2) is 0 Å². The van der Waals surface area contributed by atoms with Crippen molar-refractivity contribution < 1.29 is 8.78 Å². The standard InChI is InChI=1S/C14H18F2/c1-3-9(2)13-11(10-7-8-10)5-4-6-12(13)14(15)16/h4-6,9-10,14H,3,7-8H2,1-2H3. The third-order valence-corrected chi connectivity index (χ3v) is 3.53. The van der Waals surface area contributed by atoms with Crippen molar-refractivity contribution in [3.8, 4) is 0 Å². The maximum absolute atomic E-state index is 13.0. The van der Waals surface area contributed by atoms with E-state index in [0.29, 0.717) is 5.92 Å². The molecule has 0 spiro atoms. The molecular weight excluding hydrogens is 206 g/mol. The molecule has 0 heterocycles. The lowest BCUT2D eigenvalue weighted by Crippen LogP contribution is -2.03. The Bertz CT molecular complexity index is 347. The second-order valence-electron chi connectivity index (χ2n) is 4.73. The number of hydrogen-bond donors (Lipinski definition) is 0. The van der Waals surface area contributed by atoms with Crippen LogP contribution in [0.1, 0.15) is 68.1 Å². The van der Waals surface area contributed by atoms with E-state index in [4.69, 9.17) is 0 Å².